The highest BCUT2D eigenvalue weighted by molar-refractivity contribution is 6.11. The van der Waals surface area contributed by atoms with Crippen LogP contribution < -0.4 is 0 Å². The quantitative estimate of drug-likeness (QED) is 0.178. The van der Waals surface area contributed by atoms with Gasteiger partial charge in [-0.05, 0) is 85.0 Å². The molecule has 13 rings (SSSR count). The molecule has 0 radical (unpaired) electrons. The van der Waals surface area contributed by atoms with E-state index >= 15 is 0 Å². The van der Waals surface area contributed by atoms with Crippen molar-refractivity contribution in [2.24, 2.45) is 0 Å². The molecule has 2 aromatic heterocycles. The molecule has 0 atom stereocenters. The van der Waals surface area contributed by atoms with Crippen molar-refractivity contribution in [1.82, 2.24) is 15.0 Å². The summed E-state index contributed by atoms with van der Waals surface area (Å²) in [7, 11) is 0. The summed E-state index contributed by atoms with van der Waals surface area (Å²) in [5.74, 6) is 1.79. The van der Waals surface area contributed by atoms with Crippen molar-refractivity contribution in [3.8, 4) is 78.7 Å². The molecular weight excluding hydrogens is 755 g/mol. The molecule has 0 fully saturated rings. The van der Waals surface area contributed by atoms with Gasteiger partial charge in [-0.15, -0.1) is 0 Å². The number of hydrogen-bond acceptors (Lipinski definition) is 4. The summed E-state index contributed by atoms with van der Waals surface area (Å²) in [5, 5.41) is 2.01. The van der Waals surface area contributed by atoms with Crippen LogP contribution in [-0.2, 0) is 5.41 Å². The number of nitrogens with zero attached hydrogens (tertiary/aromatic N) is 3. The molecule has 0 bridgehead atoms. The van der Waals surface area contributed by atoms with Crippen LogP contribution in [0.4, 0.5) is 0 Å². The number of benzene rings is 9. The first-order valence-electron chi connectivity index (χ1n) is 21.1. The monoisotopic (exact) mass is 789 g/mol. The summed E-state index contributed by atoms with van der Waals surface area (Å²) in [6, 6.07) is 75.9. The van der Waals surface area contributed by atoms with Gasteiger partial charge in [0, 0.05) is 27.5 Å². The minimum atomic E-state index is -0.624. The molecule has 0 aliphatic heterocycles. The Morgan fingerprint density at radius 2 is 0.742 bits per heavy atom. The van der Waals surface area contributed by atoms with E-state index in [9.17, 15) is 0 Å². The van der Waals surface area contributed by atoms with E-state index in [0.29, 0.717) is 17.5 Å². The standard InChI is InChI=1S/C58H35N3O/c1-2-15-36(16-3-1)37-29-31-38(32-30-37)55-59-56(61-57(60-55)47-23-14-28-53-54(47)46-22-9-13-27-52(46)62-53)39-33-34-45-41-18-5-4-17-40(41)42-19-6-10-24-48(42)58(51(45)35-39)49-25-11-7-20-43(49)44-21-8-12-26-50(44)58/h1-35H. The van der Waals surface area contributed by atoms with Gasteiger partial charge in [0.2, 0.25) is 0 Å². The zero-order valence-electron chi connectivity index (χ0n) is 33.5. The van der Waals surface area contributed by atoms with E-state index in [1.807, 2.05) is 36.4 Å². The predicted molar refractivity (Wildman–Crippen MR) is 251 cm³/mol. The summed E-state index contributed by atoms with van der Waals surface area (Å²) in [6.45, 7) is 0. The number of rotatable bonds is 4. The summed E-state index contributed by atoms with van der Waals surface area (Å²) in [6.07, 6.45) is 0. The van der Waals surface area contributed by atoms with Gasteiger partial charge in [-0.2, -0.15) is 0 Å². The van der Waals surface area contributed by atoms with E-state index in [4.69, 9.17) is 19.4 Å². The van der Waals surface area contributed by atoms with Crippen molar-refractivity contribution < 1.29 is 4.42 Å². The Balaban J connectivity index is 1.10. The Kier molecular flexibility index (Phi) is 7.49. The molecule has 2 aliphatic carbocycles. The summed E-state index contributed by atoms with van der Waals surface area (Å²) < 4.78 is 6.37. The first-order valence-corrected chi connectivity index (χ1v) is 21.1. The fourth-order valence-electron chi connectivity index (χ4n) is 10.3. The molecule has 2 aliphatic rings. The average molecular weight is 790 g/mol. The lowest BCUT2D eigenvalue weighted by atomic mass is 9.65. The predicted octanol–water partition coefficient (Wildman–Crippen LogP) is 14.4. The van der Waals surface area contributed by atoms with Crippen LogP contribution >= 0.6 is 0 Å². The maximum atomic E-state index is 6.37. The van der Waals surface area contributed by atoms with Crippen LogP contribution in [0.5, 0.6) is 0 Å². The largest absolute Gasteiger partial charge is 0.456 e. The van der Waals surface area contributed by atoms with Crippen LogP contribution in [0.2, 0.25) is 0 Å². The molecule has 2 heterocycles. The molecule has 62 heavy (non-hydrogen) atoms. The van der Waals surface area contributed by atoms with E-state index in [1.54, 1.807) is 0 Å². The van der Waals surface area contributed by atoms with Crippen molar-refractivity contribution >= 4 is 21.9 Å². The maximum Gasteiger partial charge on any atom is 0.164 e. The molecule has 0 N–H and O–H groups in total. The zero-order valence-corrected chi connectivity index (χ0v) is 33.5. The van der Waals surface area contributed by atoms with Crippen molar-refractivity contribution in [2.75, 3.05) is 0 Å². The number of furan rings is 1. The lowest BCUT2D eigenvalue weighted by Gasteiger charge is -2.35. The topological polar surface area (TPSA) is 51.8 Å². The number of para-hydroxylation sites is 1. The molecule has 0 saturated carbocycles. The number of aromatic nitrogens is 3. The van der Waals surface area contributed by atoms with Gasteiger partial charge in [0.1, 0.15) is 11.2 Å². The van der Waals surface area contributed by atoms with E-state index in [-0.39, 0.29) is 0 Å². The van der Waals surface area contributed by atoms with E-state index in [1.165, 1.54) is 55.6 Å². The summed E-state index contributed by atoms with van der Waals surface area (Å²) >= 11 is 0. The highest BCUT2D eigenvalue weighted by Gasteiger charge is 2.49. The third kappa shape index (κ3) is 4.98. The molecule has 9 aromatic carbocycles. The van der Waals surface area contributed by atoms with Crippen LogP contribution in [0.1, 0.15) is 22.3 Å². The molecule has 1 spiro atoms. The first-order chi connectivity index (χ1) is 30.7. The lowest BCUT2D eigenvalue weighted by molar-refractivity contribution is 0.669. The van der Waals surface area contributed by atoms with Gasteiger partial charge in [0.25, 0.3) is 0 Å². The fourth-order valence-corrected chi connectivity index (χ4v) is 10.3. The van der Waals surface area contributed by atoms with Crippen molar-refractivity contribution in [3.05, 3.63) is 235 Å². The minimum Gasteiger partial charge on any atom is -0.456 e. The van der Waals surface area contributed by atoms with Crippen LogP contribution in [0.15, 0.2) is 217 Å². The molecule has 0 amide bonds. The van der Waals surface area contributed by atoms with Crippen molar-refractivity contribution in [3.63, 3.8) is 0 Å². The lowest BCUT2D eigenvalue weighted by Crippen LogP contribution is -2.29. The molecule has 0 unspecified atom stereocenters. The maximum absolute atomic E-state index is 6.37. The molecule has 4 heteroatoms. The smallest absolute Gasteiger partial charge is 0.164 e. The summed E-state index contributed by atoms with van der Waals surface area (Å²) in [5.41, 5.74) is 18.4. The first kappa shape index (κ1) is 34.6. The van der Waals surface area contributed by atoms with Gasteiger partial charge >= 0.3 is 0 Å². The Hall–Kier alpha value is -8.21. The van der Waals surface area contributed by atoms with Crippen LogP contribution in [-0.4, -0.2) is 15.0 Å². The Morgan fingerprint density at radius 1 is 0.290 bits per heavy atom. The molecular formula is C58H35N3O. The normalized spacial score (nSPS) is 13.0. The van der Waals surface area contributed by atoms with Gasteiger partial charge in [-0.3, -0.25) is 0 Å². The zero-order chi connectivity index (χ0) is 40.8. The van der Waals surface area contributed by atoms with Crippen molar-refractivity contribution in [1.29, 1.82) is 0 Å². The van der Waals surface area contributed by atoms with Gasteiger partial charge in [0.05, 0.1) is 5.41 Å². The van der Waals surface area contributed by atoms with Crippen LogP contribution in [0.3, 0.4) is 0 Å². The van der Waals surface area contributed by atoms with E-state index in [0.717, 1.165) is 49.8 Å². The third-order valence-corrected chi connectivity index (χ3v) is 13.0. The number of hydrogen-bond donors (Lipinski definition) is 0. The second kappa shape index (κ2) is 13.4. The third-order valence-electron chi connectivity index (χ3n) is 13.0. The summed E-state index contributed by atoms with van der Waals surface area (Å²) in [4.78, 5) is 16.0. The molecule has 11 aromatic rings. The van der Waals surface area contributed by atoms with Crippen molar-refractivity contribution in [2.45, 2.75) is 5.41 Å². The molecule has 0 saturated heterocycles. The van der Waals surface area contributed by atoms with Gasteiger partial charge < -0.3 is 4.42 Å². The van der Waals surface area contributed by atoms with Gasteiger partial charge in [-0.25, -0.2) is 15.0 Å². The minimum absolute atomic E-state index is 0.589. The molecule has 4 nitrogen and oxygen atoms in total. The Labute approximate surface area is 358 Å². The Bertz CT molecular complexity index is 3540. The van der Waals surface area contributed by atoms with Crippen LogP contribution in [0.25, 0.3) is 101 Å². The molecule has 288 valence electrons. The van der Waals surface area contributed by atoms with E-state index in [2.05, 4.69) is 176 Å². The van der Waals surface area contributed by atoms with Gasteiger partial charge in [0.15, 0.2) is 17.5 Å². The highest BCUT2D eigenvalue weighted by Crippen LogP contribution is 2.61. The Morgan fingerprint density at radius 3 is 1.42 bits per heavy atom. The fraction of sp³-hybridized carbons (Fsp3) is 0.0172. The van der Waals surface area contributed by atoms with Crippen LogP contribution in [0, 0.1) is 0 Å². The average Bonchev–Trinajstić information content (AvgIpc) is 3.85. The SMILES string of the molecule is c1ccc(-c2ccc(-c3nc(-c4ccc5c(c4)C4(c6ccccc6-c6ccccc6-5)c5ccccc5-c5ccccc54)nc(-c4cccc5oc6ccccc6c45)n3)cc2)cc1. The second-order valence-corrected chi connectivity index (χ2v) is 16.2. The highest BCUT2D eigenvalue weighted by atomic mass is 16.3. The second-order valence-electron chi connectivity index (χ2n) is 16.2. The number of fused-ring (bicyclic) bond motifs is 15. The van der Waals surface area contributed by atoms with Gasteiger partial charge in [-0.1, -0.05) is 194 Å². The van der Waals surface area contributed by atoms with E-state index < -0.39 is 5.41 Å².